The zero-order chi connectivity index (χ0) is 17.5. The summed E-state index contributed by atoms with van der Waals surface area (Å²) in [4.78, 5) is 9.36. The van der Waals surface area contributed by atoms with Crippen molar-refractivity contribution in [3.63, 3.8) is 0 Å². The van der Waals surface area contributed by atoms with E-state index in [4.69, 9.17) is 4.52 Å². The molecule has 3 heterocycles. The van der Waals surface area contributed by atoms with Gasteiger partial charge in [0, 0.05) is 24.7 Å². The molecule has 2 saturated heterocycles. The van der Waals surface area contributed by atoms with Gasteiger partial charge in [-0.3, -0.25) is 4.90 Å². The summed E-state index contributed by atoms with van der Waals surface area (Å²) in [6.45, 7) is 4.18. The fourth-order valence-electron chi connectivity index (χ4n) is 5.08. The summed E-state index contributed by atoms with van der Waals surface area (Å²) in [6, 6.07) is 10.2. The second kappa shape index (κ2) is 6.67. The highest BCUT2D eigenvalue weighted by Gasteiger charge is 2.44. The minimum Gasteiger partial charge on any atom is -0.391 e. The predicted octanol–water partition coefficient (Wildman–Crippen LogP) is 2.41. The van der Waals surface area contributed by atoms with Crippen molar-refractivity contribution in [3.05, 3.63) is 30.3 Å². The van der Waals surface area contributed by atoms with E-state index in [2.05, 4.69) is 19.9 Å². The van der Waals surface area contributed by atoms with Crippen LogP contribution in [0.3, 0.4) is 0 Å². The second-order valence-electron chi connectivity index (χ2n) is 8.04. The molecule has 6 nitrogen and oxygen atoms in total. The monoisotopic (exact) mass is 354 g/mol. The summed E-state index contributed by atoms with van der Waals surface area (Å²) in [6.07, 6.45) is 4.33. The molecule has 3 fully saturated rings. The highest BCUT2D eigenvalue weighted by Crippen LogP contribution is 2.40. The first-order valence-corrected chi connectivity index (χ1v) is 9.84. The average molecular weight is 354 g/mol. The molecule has 2 aromatic rings. The van der Waals surface area contributed by atoms with Gasteiger partial charge in [-0.25, -0.2) is 0 Å². The SMILES string of the molecule is O[C@@H]1C[C@H]2CN(c3noc(-c4ccccc4)n3)C[C@H]2C[C@H]1N1CCCC1. The largest absolute Gasteiger partial charge is 0.391 e. The number of rotatable bonds is 3. The minimum atomic E-state index is -0.195. The molecular weight excluding hydrogens is 328 g/mol. The van der Waals surface area contributed by atoms with E-state index in [1.807, 2.05) is 30.3 Å². The van der Waals surface area contributed by atoms with E-state index in [9.17, 15) is 5.11 Å². The van der Waals surface area contributed by atoms with Gasteiger partial charge < -0.3 is 14.5 Å². The molecule has 1 aromatic carbocycles. The van der Waals surface area contributed by atoms with Crippen molar-refractivity contribution in [1.82, 2.24) is 15.0 Å². The van der Waals surface area contributed by atoms with E-state index in [0.29, 0.717) is 29.7 Å². The molecule has 0 spiro atoms. The number of fused-ring (bicyclic) bond motifs is 1. The summed E-state index contributed by atoms with van der Waals surface area (Å²) in [5.41, 5.74) is 0.951. The fourth-order valence-corrected chi connectivity index (χ4v) is 5.08. The number of nitrogens with zero attached hydrogens (tertiary/aromatic N) is 4. The third-order valence-corrected chi connectivity index (χ3v) is 6.44. The van der Waals surface area contributed by atoms with Crippen molar-refractivity contribution >= 4 is 5.95 Å². The first kappa shape index (κ1) is 16.3. The predicted molar refractivity (Wildman–Crippen MR) is 98.8 cm³/mol. The molecule has 26 heavy (non-hydrogen) atoms. The van der Waals surface area contributed by atoms with Crippen LogP contribution in [0, 0.1) is 11.8 Å². The quantitative estimate of drug-likeness (QED) is 0.913. The third-order valence-electron chi connectivity index (χ3n) is 6.44. The lowest BCUT2D eigenvalue weighted by Crippen LogP contribution is -2.48. The van der Waals surface area contributed by atoms with Gasteiger partial charge in [0.1, 0.15) is 0 Å². The van der Waals surface area contributed by atoms with Crippen LogP contribution in [0.2, 0.25) is 0 Å². The van der Waals surface area contributed by atoms with Crippen LogP contribution >= 0.6 is 0 Å². The van der Waals surface area contributed by atoms with Crippen molar-refractivity contribution < 1.29 is 9.63 Å². The maximum Gasteiger partial charge on any atom is 0.266 e. The zero-order valence-corrected chi connectivity index (χ0v) is 15.0. The molecular formula is C20H26N4O2. The number of hydrogen-bond acceptors (Lipinski definition) is 6. The molecule has 6 heteroatoms. The highest BCUT2D eigenvalue weighted by molar-refractivity contribution is 5.54. The van der Waals surface area contributed by atoms with E-state index < -0.39 is 0 Å². The second-order valence-corrected chi connectivity index (χ2v) is 8.04. The standard InChI is InChI=1S/C20H26N4O2/c25-18-11-16-13-24(12-15(16)10-17(18)23-8-4-5-9-23)20-21-19(26-22-20)14-6-2-1-3-7-14/h1-3,6-7,15-18,25H,4-5,8-13H2/t15-,16+,17-,18-/m1/s1. The van der Waals surface area contributed by atoms with Crippen LogP contribution < -0.4 is 4.90 Å². The fraction of sp³-hybridized carbons (Fsp3) is 0.600. The Kier molecular flexibility index (Phi) is 4.17. The van der Waals surface area contributed by atoms with Gasteiger partial charge in [0.05, 0.1) is 6.10 Å². The van der Waals surface area contributed by atoms with Crippen molar-refractivity contribution in [2.75, 3.05) is 31.1 Å². The Labute approximate surface area is 153 Å². The van der Waals surface area contributed by atoms with Crippen molar-refractivity contribution in [3.8, 4) is 11.5 Å². The van der Waals surface area contributed by atoms with Gasteiger partial charge in [-0.05, 0) is 67.9 Å². The average Bonchev–Trinajstić information content (AvgIpc) is 3.41. The first-order chi connectivity index (χ1) is 12.8. The Morgan fingerprint density at radius 2 is 1.73 bits per heavy atom. The summed E-state index contributed by atoms with van der Waals surface area (Å²) >= 11 is 0. The maximum atomic E-state index is 10.7. The van der Waals surface area contributed by atoms with Gasteiger partial charge >= 0.3 is 0 Å². The molecule has 1 aromatic heterocycles. The van der Waals surface area contributed by atoms with Gasteiger partial charge in [0.2, 0.25) is 0 Å². The Morgan fingerprint density at radius 1 is 1.00 bits per heavy atom. The number of aromatic nitrogens is 2. The number of aliphatic hydroxyl groups is 1. The summed E-state index contributed by atoms with van der Waals surface area (Å²) in [5, 5.41) is 14.9. The molecule has 0 radical (unpaired) electrons. The number of benzene rings is 1. The van der Waals surface area contributed by atoms with Crippen LogP contribution in [-0.4, -0.2) is 58.5 Å². The van der Waals surface area contributed by atoms with Crippen molar-refractivity contribution in [2.45, 2.75) is 37.8 Å². The molecule has 0 unspecified atom stereocenters. The Bertz CT molecular complexity index is 743. The zero-order valence-electron chi connectivity index (χ0n) is 15.0. The van der Waals surface area contributed by atoms with Crippen LogP contribution in [-0.2, 0) is 0 Å². The van der Waals surface area contributed by atoms with E-state index in [-0.39, 0.29) is 6.10 Å². The first-order valence-electron chi connectivity index (χ1n) is 9.84. The molecule has 1 saturated carbocycles. The van der Waals surface area contributed by atoms with Gasteiger partial charge in [-0.1, -0.05) is 18.2 Å². The summed E-state index contributed by atoms with van der Waals surface area (Å²) in [5.74, 6) is 2.40. The van der Waals surface area contributed by atoms with E-state index >= 15 is 0 Å². The Hall–Kier alpha value is -1.92. The molecule has 1 aliphatic carbocycles. The molecule has 0 bridgehead atoms. The lowest BCUT2D eigenvalue weighted by atomic mass is 9.77. The smallest absolute Gasteiger partial charge is 0.266 e. The number of anilines is 1. The lowest BCUT2D eigenvalue weighted by molar-refractivity contribution is -0.000854. The molecule has 138 valence electrons. The molecule has 1 N–H and O–H groups in total. The summed E-state index contributed by atoms with van der Waals surface area (Å²) in [7, 11) is 0. The van der Waals surface area contributed by atoms with Gasteiger partial charge in [0.25, 0.3) is 11.8 Å². The van der Waals surface area contributed by atoms with Crippen molar-refractivity contribution in [1.29, 1.82) is 0 Å². The van der Waals surface area contributed by atoms with Crippen LogP contribution in [0.4, 0.5) is 5.95 Å². The number of likely N-dealkylation sites (tertiary alicyclic amines) is 1. The Balaban J connectivity index is 1.29. The van der Waals surface area contributed by atoms with E-state index in [1.54, 1.807) is 0 Å². The van der Waals surface area contributed by atoms with Crippen LogP contribution in [0.1, 0.15) is 25.7 Å². The number of hydrogen-bond donors (Lipinski definition) is 1. The Morgan fingerprint density at radius 3 is 2.50 bits per heavy atom. The lowest BCUT2D eigenvalue weighted by Gasteiger charge is -2.40. The van der Waals surface area contributed by atoms with Crippen molar-refractivity contribution in [2.24, 2.45) is 11.8 Å². The van der Waals surface area contributed by atoms with Crippen LogP contribution in [0.5, 0.6) is 0 Å². The van der Waals surface area contributed by atoms with Gasteiger partial charge in [-0.2, -0.15) is 4.98 Å². The topological polar surface area (TPSA) is 65.6 Å². The van der Waals surface area contributed by atoms with Crippen LogP contribution in [0.15, 0.2) is 34.9 Å². The molecule has 2 aliphatic heterocycles. The third kappa shape index (κ3) is 2.91. The molecule has 5 rings (SSSR count). The summed E-state index contributed by atoms with van der Waals surface area (Å²) < 4.78 is 5.48. The minimum absolute atomic E-state index is 0.195. The maximum absolute atomic E-state index is 10.7. The van der Waals surface area contributed by atoms with E-state index in [0.717, 1.165) is 44.6 Å². The number of aliphatic hydroxyl groups excluding tert-OH is 1. The molecule has 0 amide bonds. The normalized spacial score (nSPS) is 32.1. The van der Waals surface area contributed by atoms with Gasteiger partial charge in [0.15, 0.2) is 0 Å². The van der Waals surface area contributed by atoms with Gasteiger partial charge in [-0.15, -0.1) is 0 Å². The highest BCUT2D eigenvalue weighted by atomic mass is 16.5. The molecule has 3 aliphatic rings. The molecule has 4 atom stereocenters. The van der Waals surface area contributed by atoms with E-state index in [1.165, 1.54) is 12.8 Å². The van der Waals surface area contributed by atoms with Crippen LogP contribution in [0.25, 0.3) is 11.5 Å².